The largest absolute Gasteiger partial charge is 0.504 e. The summed E-state index contributed by atoms with van der Waals surface area (Å²) in [5, 5.41) is 13.2. The van der Waals surface area contributed by atoms with Crippen molar-refractivity contribution in [2.24, 2.45) is 5.92 Å². The second-order valence-electron chi connectivity index (χ2n) is 4.75. The lowest BCUT2D eigenvalue weighted by Crippen LogP contribution is -2.32. The Morgan fingerprint density at radius 1 is 1.28 bits per heavy atom. The van der Waals surface area contributed by atoms with Gasteiger partial charge in [0, 0.05) is 12.6 Å². The molecule has 1 atom stereocenters. The molecule has 1 aromatic carbocycles. The van der Waals surface area contributed by atoms with E-state index in [-0.39, 0.29) is 5.75 Å². The van der Waals surface area contributed by atoms with Gasteiger partial charge in [0.15, 0.2) is 11.5 Å². The number of hydrogen-bond donors (Lipinski definition) is 2. The molecule has 1 unspecified atom stereocenters. The average molecular weight is 251 g/mol. The van der Waals surface area contributed by atoms with E-state index in [1.807, 2.05) is 6.07 Å². The van der Waals surface area contributed by atoms with Gasteiger partial charge in [-0.2, -0.15) is 0 Å². The summed E-state index contributed by atoms with van der Waals surface area (Å²) >= 11 is 0. The summed E-state index contributed by atoms with van der Waals surface area (Å²) in [4.78, 5) is 0. The Morgan fingerprint density at radius 3 is 2.44 bits per heavy atom. The van der Waals surface area contributed by atoms with E-state index in [0.717, 1.165) is 12.1 Å². The summed E-state index contributed by atoms with van der Waals surface area (Å²) in [5.74, 6) is 1.43. The van der Waals surface area contributed by atoms with E-state index in [0.29, 0.717) is 17.7 Å². The van der Waals surface area contributed by atoms with Crippen LogP contribution in [0.4, 0.5) is 0 Å². The van der Waals surface area contributed by atoms with Gasteiger partial charge in [-0.25, -0.2) is 0 Å². The fourth-order valence-corrected chi connectivity index (χ4v) is 2.29. The zero-order chi connectivity index (χ0) is 13.5. The summed E-state index contributed by atoms with van der Waals surface area (Å²) in [6.07, 6.45) is 2.39. The van der Waals surface area contributed by atoms with Crippen LogP contribution in [-0.4, -0.2) is 18.3 Å². The van der Waals surface area contributed by atoms with Crippen LogP contribution in [0.15, 0.2) is 18.2 Å². The molecule has 0 aromatic heterocycles. The van der Waals surface area contributed by atoms with Crippen molar-refractivity contribution in [3.8, 4) is 11.5 Å². The van der Waals surface area contributed by atoms with E-state index in [1.54, 1.807) is 19.2 Å². The van der Waals surface area contributed by atoms with Gasteiger partial charge in [0.25, 0.3) is 0 Å². The number of nitrogens with one attached hydrogen (secondary N) is 1. The highest BCUT2D eigenvalue weighted by Crippen LogP contribution is 2.26. The van der Waals surface area contributed by atoms with Gasteiger partial charge < -0.3 is 15.2 Å². The molecule has 0 aliphatic rings. The first-order chi connectivity index (χ1) is 8.62. The first-order valence-electron chi connectivity index (χ1n) is 6.71. The van der Waals surface area contributed by atoms with Crippen molar-refractivity contribution >= 4 is 0 Å². The Hall–Kier alpha value is -1.22. The number of methoxy groups -OCH3 is 1. The van der Waals surface area contributed by atoms with Crippen LogP contribution in [0.3, 0.4) is 0 Å². The van der Waals surface area contributed by atoms with Crippen LogP contribution in [0.25, 0.3) is 0 Å². The zero-order valence-corrected chi connectivity index (χ0v) is 11.9. The Balaban J connectivity index is 2.55. The molecule has 0 radical (unpaired) electrons. The van der Waals surface area contributed by atoms with Crippen molar-refractivity contribution in [1.29, 1.82) is 0 Å². The molecule has 0 fully saturated rings. The number of rotatable bonds is 7. The van der Waals surface area contributed by atoms with Crippen LogP contribution in [0, 0.1) is 5.92 Å². The van der Waals surface area contributed by atoms with Crippen LogP contribution in [-0.2, 0) is 6.54 Å². The standard InChI is InChI=1S/C15H25NO2/c1-5-13(6-2)11(3)16-10-12-7-8-15(18-4)14(17)9-12/h7-9,11,13,16-17H,5-6,10H2,1-4H3. The van der Waals surface area contributed by atoms with Crippen molar-refractivity contribution in [3.05, 3.63) is 23.8 Å². The second kappa shape index (κ2) is 7.27. The normalized spacial score (nSPS) is 12.7. The summed E-state index contributed by atoms with van der Waals surface area (Å²) in [5.41, 5.74) is 1.08. The predicted molar refractivity (Wildman–Crippen MR) is 75.0 cm³/mol. The van der Waals surface area contributed by atoms with Gasteiger partial charge in [-0.05, 0) is 30.5 Å². The fraction of sp³-hybridized carbons (Fsp3) is 0.600. The smallest absolute Gasteiger partial charge is 0.160 e. The van der Waals surface area contributed by atoms with E-state index in [9.17, 15) is 5.11 Å². The number of phenolic OH excluding ortho intramolecular Hbond substituents is 1. The summed E-state index contributed by atoms with van der Waals surface area (Å²) in [6, 6.07) is 6.02. The molecule has 0 aliphatic heterocycles. The van der Waals surface area contributed by atoms with Crippen LogP contribution >= 0.6 is 0 Å². The zero-order valence-electron chi connectivity index (χ0n) is 11.9. The highest BCUT2D eigenvalue weighted by Gasteiger charge is 2.12. The van der Waals surface area contributed by atoms with Crippen molar-refractivity contribution in [3.63, 3.8) is 0 Å². The molecule has 1 aromatic rings. The number of ether oxygens (including phenoxy) is 1. The van der Waals surface area contributed by atoms with E-state index in [4.69, 9.17) is 4.74 Å². The van der Waals surface area contributed by atoms with Gasteiger partial charge in [0.2, 0.25) is 0 Å². The van der Waals surface area contributed by atoms with E-state index in [1.165, 1.54) is 12.8 Å². The summed E-state index contributed by atoms with van der Waals surface area (Å²) in [6.45, 7) is 7.45. The maximum atomic E-state index is 9.71. The van der Waals surface area contributed by atoms with Gasteiger partial charge in [0.05, 0.1) is 7.11 Å². The van der Waals surface area contributed by atoms with Crippen molar-refractivity contribution < 1.29 is 9.84 Å². The lowest BCUT2D eigenvalue weighted by molar-refractivity contribution is 0.351. The number of aromatic hydroxyl groups is 1. The van der Waals surface area contributed by atoms with Crippen LogP contribution < -0.4 is 10.1 Å². The van der Waals surface area contributed by atoms with Gasteiger partial charge in [-0.1, -0.05) is 32.8 Å². The van der Waals surface area contributed by atoms with Crippen LogP contribution in [0.1, 0.15) is 39.2 Å². The lowest BCUT2D eigenvalue weighted by Gasteiger charge is -2.22. The molecule has 102 valence electrons. The van der Waals surface area contributed by atoms with E-state index >= 15 is 0 Å². The Kier molecular flexibility index (Phi) is 5.99. The maximum Gasteiger partial charge on any atom is 0.160 e. The molecule has 1 rings (SSSR count). The third kappa shape index (κ3) is 3.91. The molecule has 3 heteroatoms. The highest BCUT2D eigenvalue weighted by molar-refractivity contribution is 5.41. The minimum Gasteiger partial charge on any atom is -0.504 e. The first-order valence-corrected chi connectivity index (χ1v) is 6.71. The molecule has 18 heavy (non-hydrogen) atoms. The molecule has 0 saturated heterocycles. The van der Waals surface area contributed by atoms with Crippen LogP contribution in [0.5, 0.6) is 11.5 Å². The minimum absolute atomic E-state index is 0.201. The van der Waals surface area contributed by atoms with Gasteiger partial charge in [-0.15, -0.1) is 0 Å². The molecule has 0 bridgehead atoms. The van der Waals surface area contributed by atoms with Crippen molar-refractivity contribution in [2.75, 3.05) is 7.11 Å². The van der Waals surface area contributed by atoms with Crippen molar-refractivity contribution in [2.45, 2.75) is 46.2 Å². The third-order valence-electron chi connectivity index (χ3n) is 3.63. The molecule has 0 amide bonds. The molecular formula is C15H25NO2. The number of benzene rings is 1. The predicted octanol–water partition coefficient (Wildman–Crippen LogP) is 3.32. The average Bonchev–Trinajstić information content (AvgIpc) is 2.38. The fourth-order valence-electron chi connectivity index (χ4n) is 2.29. The molecule has 2 N–H and O–H groups in total. The minimum atomic E-state index is 0.201. The number of hydrogen-bond acceptors (Lipinski definition) is 3. The Labute approximate surface area is 110 Å². The lowest BCUT2D eigenvalue weighted by atomic mass is 9.95. The van der Waals surface area contributed by atoms with Crippen molar-refractivity contribution in [1.82, 2.24) is 5.32 Å². The Morgan fingerprint density at radius 2 is 1.94 bits per heavy atom. The molecule has 0 spiro atoms. The first kappa shape index (κ1) is 14.8. The Bertz CT molecular complexity index is 362. The summed E-state index contributed by atoms with van der Waals surface area (Å²) in [7, 11) is 1.56. The third-order valence-corrected chi connectivity index (χ3v) is 3.63. The van der Waals surface area contributed by atoms with Gasteiger partial charge in [-0.3, -0.25) is 0 Å². The second-order valence-corrected chi connectivity index (χ2v) is 4.75. The molecule has 0 heterocycles. The van der Waals surface area contributed by atoms with Crippen LogP contribution in [0.2, 0.25) is 0 Å². The molecule has 0 saturated carbocycles. The molecular weight excluding hydrogens is 226 g/mol. The maximum absolute atomic E-state index is 9.71. The highest BCUT2D eigenvalue weighted by atomic mass is 16.5. The topological polar surface area (TPSA) is 41.5 Å². The molecule has 0 aliphatic carbocycles. The van der Waals surface area contributed by atoms with E-state index < -0.39 is 0 Å². The van der Waals surface area contributed by atoms with Gasteiger partial charge in [0.1, 0.15) is 0 Å². The summed E-state index contributed by atoms with van der Waals surface area (Å²) < 4.78 is 5.03. The molecule has 3 nitrogen and oxygen atoms in total. The quantitative estimate of drug-likeness (QED) is 0.781. The van der Waals surface area contributed by atoms with E-state index in [2.05, 4.69) is 26.1 Å². The van der Waals surface area contributed by atoms with Gasteiger partial charge >= 0.3 is 0 Å². The monoisotopic (exact) mass is 251 g/mol. The SMILES string of the molecule is CCC(CC)C(C)NCc1ccc(OC)c(O)c1. The number of phenols is 1.